The molecule has 0 radical (unpaired) electrons. The molecule has 0 bridgehead atoms. The van der Waals surface area contributed by atoms with E-state index < -0.39 is 0 Å². The van der Waals surface area contributed by atoms with Gasteiger partial charge in [0.25, 0.3) is 0 Å². The third kappa shape index (κ3) is 4.07. The predicted molar refractivity (Wildman–Crippen MR) is 82.4 cm³/mol. The predicted octanol–water partition coefficient (Wildman–Crippen LogP) is 2.31. The van der Waals surface area contributed by atoms with Gasteiger partial charge >= 0.3 is 0 Å². The van der Waals surface area contributed by atoms with Crippen molar-refractivity contribution in [3.8, 4) is 0 Å². The van der Waals surface area contributed by atoms with Gasteiger partial charge in [-0.15, -0.1) is 0 Å². The number of nitrogens with zero attached hydrogens (tertiary/aromatic N) is 3. The summed E-state index contributed by atoms with van der Waals surface area (Å²) in [5, 5.41) is 3.07. The SMILES string of the molecule is CNC(=O)CCN(C)c1nc(C(C)(C)C)nc(Cl)c1C. The Bertz CT molecular complexity index is 497. The Morgan fingerprint density at radius 2 is 1.95 bits per heavy atom. The molecule has 0 aromatic carbocycles. The first kappa shape index (κ1) is 16.7. The van der Waals surface area contributed by atoms with E-state index in [1.807, 2.05) is 39.6 Å². The number of nitrogens with one attached hydrogen (secondary N) is 1. The fourth-order valence-corrected chi connectivity index (χ4v) is 1.85. The molecule has 1 N–H and O–H groups in total. The third-order valence-corrected chi connectivity index (χ3v) is 3.41. The number of hydrogen-bond donors (Lipinski definition) is 1. The van der Waals surface area contributed by atoms with Crippen molar-refractivity contribution in [1.29, 1.82) is 0 Å². The van der Waals surface area contributed by atoms with Gasteiger partial charge < -0.3 is 10.2 Å². The van der Waals surface area contributed by atoms with Crippen LogP contribution < -0.4 is 10.2 Å². The molecule has 0 saturated carbocycles. The number of halogens is 1. The number of rotatable bonds is 4. The highest BCUT2D eigenvalue weighted by Gasteiger charge is 2.22. The summed E-state index contributed by atoms with van der Waals surface area (Å²) in [6, 6.07) is 0. The molecule has 1 rings (SSSR count). The number of anilines is 1. The summed E-state index contributed by atoms with van der Waals surface area (Å²) >= 11 is 6.20. The highest BCUT2D eigenvalue weighted by Crippen LogP contribution is 2.27. The van der Waals surface area contributed by atoms with Crippen LogP contribution in [0.1, 0.15) is 38.6 Å². The molecule has 0 unspecified atom stereocenters. The van der Waals surface area contributed by atoms with E-state index in [0.29, 0.717) is 23.9 Å². The number of hydrogen-bond acceptors (Lipinski definition) is 4. The summed E-state index contributed by atoms with van der Waals surface area (Å²) in [7, 11) is 3.54. The van der Waals surface area contributed by atoms with Crippen LogP contribution in [0.25, 0.3) is 0 Å². The van der Waals surface area contributed by atoms with Crippen LogP contribution in [0.3, 0.4) is 0 Å². The van der Waals surface area contributed by atoms with Crippen LogP contribution in [0.5, 0.6) is 0 Å². The zero-order chi connectivity index (χ0) is 15.5. The van der Waals surface area contributed by atoms with E-state index in [4.69, 9.17) is 11.6 Å². The normalized spacial score (nSPS) is 11.3. The van der Waals surface area contributed by atoms with Gasteiger partial charge in [0.1, 0.15) is 16.8 Å². The van der Waals surface area contributed by atoms with Crippen molar-refractivity contribution in [2.24, 2.45) is 0 Å². The highest BCUT2D eigenvalue weighted by molar-refractivity contribution is 6.30. The van der Waals surface area contributed by atoms with E-state index in [9.17, 15) is 4.79 Å². The fourth-order valence-electron chi connectivity index (χ4n) is 1.69. The average molecular weight is 299 g/mol. The lowest BCUT2D eigenvalue weighted by Gasteiger charge is -2.24. The van der Waals surface area contributed by atoms with E-state index >= 15 is 0 Å². The Balaban J connectivity index is 3.04. The van der Waals surface area contributed by atoms with Crippen LogP contribution in [-0.4, -0.2) is 36.5 Å². The molecule has 112 valence electrons. The van der Waals surface area contributed by atoms with Gasteiger partial charge in [-0.1, -0.05) is 32.4 Å². The van der Waals surface area contributed by atoms with Crippen molar-refractivity contribution in [2.75, 3.05) is 25.5 Å². The van der Waals surface area contributed by atoms with Crippen LogP contribution in [-0.2, 0) is 10.2 Å². The second-order valence-corrected chi connectivity index (χ2v) is 6.24. The Labute approximate surface area is 125 Å². The van der Waals surface area contributed by atoms with E-state index in [1.54, 1.807) is 7.05 Å². The van der Waals surface area contributed by atoms with Gasteiger partial charge in [0.05, 0.1) is 0 Å². The molecule has 0 aliphatic rings. The first-order valence-electron chi connectivity index (χ1n) is 6.63. The van der Waals surface area contributed by atoms with E-state index in [0.717, 1.165) is 11.4 Å². The zero-order valence-corrected chi connectivity index (χ0v) is 13.8. The van der Waals surface area contributed by atoms with Crippen LogP contribution in [0.4, 0.5) is 5.82 Å². The lowest BCUT2D eigenvalue weighted by Crippen LogP contribution is -2.28. The molecule has 0 spiro atoms. The summed E-state index contributed by atoms with van der Waals surface area (Å²) < 4.78 is 0. The van der Waals surface area contributed by atoms with Crippen molar-refractivity contribution in [2.45, 2.75) is 39.5 Å². The molecule has 1 amide bonds. The van der Waals surface area contributed by atoms with Gasteiger partial charge in [0.2, 0.25) is 5.91 Å². The van der Waals surface area contributed by atoms with Gasteiger partial charge in [-0.05, 0) is 6.92 Å². The van der Waals surface area contributed by atoms with Crippen molar-refractivity contribution in [3.05, 3.63) is 16.5 Å². The molecular weight excluding hydrogens is 276 g/mol. The monoisotopic (exact) mass is 298 g/mol. The van der Waals surface area contributed by atoms with Crippen molar-refractivity contribution < 1.29 is 4.79 Å². The van der Waals surface area contributed by atoms with Crippen LogP contribution in [0.2, 0.25) is 5.15 Å². The summed E-state index contributed by atoms with van der Waals surface area (Å²) in [5.74, 6) is 1.49. The number of carbonyl (C=O) groups excluding carboxylic acids is 1. The topological polar surface area (TPSA) is 58.1 Å². The van der Waals surface area contributed by atoms with Crippen molar-refractivity contribution in [3.63, 3.8) is 0 Å². The van der Waals surface area contributed by atoms with Gasteiger partial charge in [0.15, 0.2) is 0 Å². The largest absolute Gasteiger partial charge is 0.359 e. The summed E-state index contributed by atoms with van der Waals surface area (Å²) in [6.45, 7) is 8.60. The molecule has 0 atom stereocenters. The first-order valence-corrected chi connectivity index (χ1v) is 7.01. The molecule has 0 aliphatic carbocycles. The van der Waals surface area contributed by atoms with Crippen LogP contribution >= 0.6 is 11.6 Å². The van der Waals surface area contributed by atoms with E-state index in [2.05, 4.69) is 15.3 Å². The summed E-state index contributed by atoms with van der Waals surface area (Å²) in [4.78, 5) is 22.2. The Hall–Kier alpha value is -1.36. The summed E-state index contributed by atoms with van der Waals surface area (Å²) in [5.41, 5.74) is 0.660. The molecular formula is C14H23ClN4O. The molecule has 5 nitrogen and oxygen atoms in total. The lowest BCUT2D eigenvalue weighted by atomic mass is 9.95. The molecule has 20 heavy (non-hydrogen) atoms. The molecule has 0 aliphatic heterocycles. The minimum absolute atomic E-state index is 0.00528. The number of aromatic nitrogens is 2. The Kier molecular flexibility index (Phi) is 5.34. The first-order chi connectivity index (χ1) is 9.16. The van der Waals surface area contributed by atoms with E-state index in [-0.39, 0.29) is 11.3 Å². The minimum atomic E-state index is -0.173. The Morgan fingerprint density at radius 1 is 1.35 bits per heavy atom. The van der Waals surface area contributed by atoms with Gasteiger partial charge in [-0.25, -0.2) is 9.97 Å². The van der Waals surface area contributed by atoms with Crippen LogP contribution in [0, 0.1) is 6.92 Å². The molecule has 1 aromatic rings. The highest BCUT2D eigenvalue weighted by atomic mass is 35.5. The fraction of sp³-hybridized carbons (Fsp3) is 0.643. The van der Waals surface area contributed by atoms with Gasteiger partial charge in [-0.2, -0.15) is 0 Å². The second-order valence-electron chi connectivity index (χ2n) is 5.88. The Morgan fingerprint density at radius 3 is 2.45 bits per heavy atom. The standard InChI is InChI=1S/C14H23ClN4O/c1-9-11(15)17-13(14(2,3)4)18-12(9)19(6)8-7-10(20)16-5/h7-8H2,1-6H3,(H,16,20). The molecule has 0 saturated heterocycles. The van der Waals surface area contributed by atoms with Gasteiger partial charge in [0, 0.05) is 38.0 Å². The smallest absolute Gasteiger partial charge is 0.221 e. The number of carbonyl (C=O) groups is 1. The summed E-state index contributed by atoms with van der Waals surface area (Å²) in [6.07, 6.45) is 0.416. The quantitative estimate of drug-likeness (QED) is 0.867. The van der Waals surface area contributed by atoms with Crippen molar-refractivity contribution >= 4 is 23.3 Å². The third-order valence-electron chi connectivity index (χ3n) is 3.05. The van der Waals surface area contributed by atoms with E-state index in [1.165, 1.54) is 0 Å². The average Bonchev–Trinajstić information content (AvgIpc) is 2.37. The van der Waals surface area contributed by atoms with Crippen molar-refractivity contribution in [1.82, 2.24) is 15.3 Å². The molecule has 0 fully saturated rings. The maximum absolute atomic E-state index is 11.3. The zero-order valence-electron chi connectivity index (χ0n) is 13.0. The molecule has 6 heteroatoms. The lowest BCUT2D eigenvalue weighted by molar-refractivity contribution is -0.120. The molecule has 1 aromatic heterocycles. The van der Waals surface area contributed by atoms with Crippen LogP contribution in [0.15, 0.2) is 0 Å². The molecule has 1 heterocycles. The van der Waals surface area contributed by atoms with Gasteiger partial charge in [-0.3, -0.25) is 4.79 Å². The maximum Gasteiger partial charge on any atom is 0.221 e. The second kappa shape index (κ2) is 6.39. The maximum atomic E-state index is 11.3. The minimum Gasteiger partial charge on any atom is -0.359 e. The number of amides is 1.